The van der Waals surface area contributed by atoms with E-state index in [1.54, 1.807) is 0 Å². The molecule has 3 heteroatoms. The lowest BCUT2D eigenvalue weighted by molar-refractivity contribution is 0.426. The van der Waals surface area contributed by atoms with E-state index >= 15 is 0 Å². The number of rotatable bonds is 1. The smallest absolute Gasteiger partial charge is 0.173 e. The third kappa shape index (κ3) is 2.29. The van der Waals surface area contributed by atoms with Crippen LogP contribution in [0, 0.1) is 0 Å². The van der Waals surface area contributed by atoms with E-state index in [9.17, 15) is 8.78 Å². The normalized spacial score (nSPS) is 25.9. The summed E-state index contributed by atoms with van der Waals surface area (Å²) in [7, 11) is -0.0647. The lowest BCUT2D eigenvalue weighted by Gasteiger charge is -2.19. The second-order valence-electron chi connectivity index (χ2n) is 6.77. The average Bonchev–Trinajstić information content (AvgIpc) is 2.95. The van der Waals surface area contributed by atoms with Crippen LogP contribution in [0.1, 0.15) is 46.9 Å². The number of fused-ring (bicyclic) bond motifs is 5. The third-order valence-electron chi connectivity index (χ3n) is 5.69. The van der Waals surface area contributed by atoms with E-state index in [2.05, 4.69) is 18.7 Å². The van der Waals surface area contributed by atoms with Gasteiger partial charge in [0.1, 0.15) is 0 Å². The Hall–Kier alpha value is -1.74. The standard InChI is InChI=1S/C20H20F2Si/c1-23-12-10-17-13-6-2-4-8-15(13)19(20(21)22)16-9-5-3-7-14(16)18(17)11-12/h2-9,12,17-18H,10-11,23H2,1H3. The van der Waals surface area contributed by atoms with Gasteiger partial charge < -0.3 is 0 Å². The Labute approximate surface area is 138 Å². The number of hydrogen-bond acceptors (Lipinski definition) is 0. The molecule has 0 amide bonds. The summed E-state index contributed by atoms with van der Waals surface area (Å²) in [4.78, 5) is 0. The van der Waals surface area contributed by atoms with E-state index in [0.29, 0.717) is 11.8 Å². The van der Waals surface area contributed by atoms with Gasteiger partial charge in [-0.15, -0.1) is 0 Å². The van der Waals surface area contributed by atoms with Crippen molar-refractivity contribution in [1.29, 1.82) is 0 Å². The summed E-state index contributed by atoms with van der Waals surface area (Å²) in [6, 6.07) is 15.6. The fourth-order valence-corrected chi connectivity index (χ4v) is 5.99. The van der Waals surface area contributed by atoms with Crippen molar-refractivity contribution in [1.82, 2.24) is 0 Å². The molecule has 0 bridgehead atoms. The van der Waals surface area contributed by atoms with Crippen molar-refractivity contribution in [2.45, 2.75) is 36.8 Å². The minimum absolute atomic E-state index is 0.0647. The monoisotopic (exact) mass is 326 g/mol. The lowest BCUT2D eigenvalue weighted by atomic mass is 9.84. The molecular weight excluding hydrogens is 306 g/mol. The van der Waals surface area contributed by atoms with Crippen LogP contribution >= 0.6 is 0 Å². The van der Waals surface area contributed by atoms with Crippen molar-refractivity contribution in [3.8, 4) is 0 Å². The zero-order chi connectivity index (χ0) is 16.0. The Morgan fingerprint density at radius 3 is 1.78 bits per heavy atom. The van der Waals surface area contributed by atoms with E-state index in [1.165, 1.54) is 12.8 Å². The summed E-state index contributed by atoms with van der Waals surface area (Å²) in [6.45, 7) is 2.38. The minimum atomic E-state index is -1.56. The van der Waals surface area contributed by atoms with Crippen molar-refractivity contribution in [3.63, 3.8) is 0 Å². The summed E-state index contributed by atoms with van der Waals surface area (Å²) in [5.74, 6) is 0.781. The molecule has 2 unspecified atom stereocenters. The lowest BCUT2D eigenvalue weighted by Crippen LogP contribution is -2.04. The highest BCUT2D eigenvalue weighted by Gasteiger charge is 2.40. The van der Waals surface area contributed by atoms with E-state index in [0.717, 1.165) is 27.8 Å². The topological polar surface area (TPSA) is 0 Å². The molecule has 0 heterocycles. The van der Waals surface area contributed by atoms with E-state index in [4.69, 9.17) is 0 Å². The molecule has 2 atom stereocenters. The summed E-state index contributed by atoms with van der Waals surface area (Å²) in [5.41, 5.74) is 4.71. The van der Waals surface area contributed by atoms with E-state index in [-0.39, 0.29) is 15.1 Å². The molecule has 2 aromatic carbocycles. The molecule has 0 radical (unpaired) electrons. The van der Waals surface area contributed by atoms with Gasteiger partial charge in [0, 0.05) is 9.52 Å². The largest absolute Gasteiger partial charge is 0.278 e. The predicted octanol–water partition coefficient (Wildman–Crippen LogP) is 5.32. The molecule has 0 spiro atoms. The van der Waals surface area contributed by atoms with Gasteiger partial charge in [0.05, 0.1) is 5.57 Å². The number of hydrogen-bond donors (Lipinski definition) is 0. The van der Waals surface area contributed by atoms with Crippen LogP contribution in [0.5, 0.6) is 0 Å². The Kier molecular flexibility index (Phi) is 3.68. The van der Waals surface area contributed by atoms with E-state index < -0.39 is 6.08 Å². The Bertz CT molecular complexity index is 719. The maximum atomic E-state index is 13.9. The first-order chi connectivity index (χ1) is 11.2. The van der Waals surface area contributed by atoms with Crippen molar-refractivity contribution in [3.05, 3.63) is 76.9 Å². The molecule has 2 aliphatic rings. The van der Waals surface area contributed by atoms with Gasteiger partial charge in [-0.3, -0.25) is 0 Å². The second-order valence-corrected chi connectivity index (χ2v) is 8.74. The fourth-order valence-electron chi connectivity index (χ4n) is 4.61. The average molecular weight is 326 g/mol. The molecule has 0 saturated heterocycles. The van der Waals surface area contributed by atoms with Gasteiger partial charge in [-0.1, -0.05) is 60.6 Å². The zero-order valence-corrected chi connectivity index (χ0v) is 14.6. The molecule has 2 aromatic rings. The highest BCUT2D eigenvalue weighted by atomic mass is 28.2. The summed E-state index contributed by atoms with van der Waals surface area (Å²) in [6.07, 6.45) is 0.770. The van der Waals surface area contributed by atoms with Crippen LogP contribution in [0.2, 0.25) is 12.1 Å². The van der Waals surface area contributed by atoms with Crippen LogP contribution in [0.15, 0.2) is 54.6 Å². The first-order valence-corrected chi connectivity index (χ1v) is 10.7. The van der Waals surface area contributed by atoms with Crippen LogP contribution in [-0.4, -0.2) is 9.52 Å². The van der Waals surface area contributed by atoms with Crippen molar-refractivity contribution >= 4 is 15.1 Å². The molecule has 0 aromatic heterocycles. The van der Waals surface area contributed by atoms with Gasteiger partial charge in [0.15, 0.2) is 0 Å². The Morgan fingerprint density at radius 2 is 1.35 bits per heavy atom. The molecule has 0 N–H and O–H groups in total. The van der Waals surface area contributed by atoms with Crippen LogP contribution in [-0.2, 0) is 0 Å². The van der Waals surface area contributed by atoms with Crippen LogP contribution in [0.4, 0.5) is 8.78 Å². The van der Waals surface area contributed by atoms with Gasteiger partial charge in [-0.25, -0.2) is 0 Å². The zero-order valence-electron chi connectivity index (χ0n) is 13.2. The number of halogens is 2. The predicted molar refractivity (Wildman–Crippen MR) is 94.0 cm³/mol. The van der Waals surface area contributed by atoms with Gasteiger partial charge in [0.25, 0.3) is 6.08 Å². The highest BCUT2D eigenvalue weighted by Crippen LogP contribution is 2.56. The minimum Gasteiger partial charge on any atom is -0.173 e. The van der Waals surface area contributed by atoms with Crippen LogP contribution in [0.25, 0.3) is 5.57 Å². The highest BCUT2D eigenvalue weighted by molar-refractivity contribution is 6.35. The second kappa shape index (κ2) is 5.71. The van der Waals surface area contributed by atoms with Crippen LogP contribution in [0.3, 0.4) is 0 Å². The Balaban J connectivity index is 2.02. The number of benzene rings is 2. The molecular formula is C20H20F2Si. The van der Waals surface area contributed by atoms with E-state index in [1.807, 2.05) is 36.4 Å². The van der Waals surface area contributed by atoms with Gasteiger partial charge >= 0.3 is 0 Å². The molecule has 0 nitrogen and oxygen atoms in total. The molecule has 118 valence electrons. The van der Waals surface area contributed by atoms with Gasteiger partial charge in [-0.2, -0.15) is 8.78 Å². The van der Waals surface area contributed by atoms with Crippen molar-refractivity contribution < 1.29 is 8.78 Å². The molecule has 0 aliphatic heterocycles. The summed E-state index contributed by atoms with van der Waals surface area (Å²) < 4.78 is 27.7. The van der Waals surface area contributed by atoms with Crippen molar-refractivity contribution in [2.24, 2.45) is 0 Å². The molecule has 1 saturated carbocycles. The fraction of sp³-hybridized carbons (Fsp3) is 0.300. The SMILES string of the molecule is C[SiH2]C1CC2c3ccccc3C(=C(F)F)c3ccccc3C2C1. The quantitative estimate of drug-likeness (QED) is 0.622. The van der Waals surface area contributed by atoms with Gasteiger partial charge in [-0.05, 0) is 46.9 Å². The maximum Gasteiger partial charge on any atom is 0.278 e. The molecule has 2 aliphatic carbocycles. The molecule has 1 fully saturated rings. The third-order valence-corrected chi connectivity index (χ3v) is 7.51. The summed E-state index contributed by atoms with van der Waals surface area (Å²) >= 11 is 0. The van der Waals surface area contributed by atoms with Crippen LogP contribution < -0.4 is 0 Å². The summed E-state index contributed by atoms with van der Waals surface area (Å²) in [5, 5.41) is 0. The van der Waals surface area contributed by atoms with Crippen molar-refractivity contribution in [2.75, 3.05) is 0 Å². The first kappa shape index (κ1) is 14.8. The van der Waals surface area contributed by atoms with Gasteiger partial charge in [0.2, 0.25) is 0 Å². The first-order valence-electron chi connectivity index (χ1n) is 8.44. The Morgan fingerprint density at radius 1 is 0.870 bits per heavy atom. The maximum absolute atomic E-state index is 13.9. The molecule has 23 heavy (non-hydrogen) atoms. The molecule has 4 rings (SSSR count).